The highest BCUT2D eigenvalue weighted by Crippen LogP contribution is 2.32. The lowest BCUT2D eigenvalue weighted by molar-refractivity contribution is -0.127. The molecule has 168 valence electrons. The van der Waals surface area contributed by atoms with Crippen LogP contribution in [0.2, 0.25) is 0 Å². The summed E-state index contributed by atoms with van der Waals surface area (Å²) in [6, 6.07) is 7.73. The Kier molecular flexibility index (Phi) is 6.11. The van der Waals surface area contributed by atoms with Gasteiger partial charge >= 0.3 is 6.03 Å². The third-order valence-corrected chi connectivity index (χ3v) is 5.15. The minimum absolute atomic E-state index is 0.0657. The Morgan fingerprint density at radius 1 is 1.12 bits per heavy atom. The van der Waals surface area contributed by atoms with Gasteiger partial charge in [0.2, 0.25) is 12.7 Å². The van der Waals surface area contributed by atoms with Gasteiger partial charge in [-0.05, 0) is 49.7 Å². The van der Waals surface area contributed by atoms with Gasteiger partial charge in [-0.1, -0.05) is 0 Å². The molecular formula is C22H23FN4O5. The Balaban J connectivity index is 1.36. The number of carbonyl (C=O) groups is 3. The third kappa shape index (κ3) is 4.90. The first-order chi connectivity index (χ1) is 15.4. The van der Waals surface area contributed by atoms with E-state index in [0.29, 0.717) is 42.3 Å². The van der Waals surface area contributed by atoms with Crippen molar-refractivity contribution in [1.29, 1.82) is 0 Å². The fourth-order valence-electron chi connectivity index (χ4n) is 3.60. The van der Waals surface area contributed by atoms with E-state index in [-0.39, 0.29) is 24.4 Å². The Morgan fingerprint density at radius 2 is 1.94 bits per heavy atom. The number of fused-ring (bicyclic) bond motifs is 1. The number of hydrogen-bond donors (Lipinski definition) is 3. The number of likely N-dealkylation sites (tertiary alicyclic amines) is 1. The molecule has 0 saturated carbocycles. The lowest BCUT2D eigenvalue weighted by atomic mass is 10.2. The lowest BCUT2D eigenvalue weighted by Crippen LogP contribution is -2.44. The summed E-state index contributed by atoms with van der Waals surface area (Å²) in [5.41, 5.74) is 0.562. The van der Waals surface area contributed by atoms with Crippen LogP contribution in [0, 0.1) is 5.82 Å². The number of rotatable bonds is 6. The SMILES string of the molecule is CC(CN1CCCC1=O)NC(=O)Nc1cc(NC(=O)c2ccc3c(c2)OCO3)ccc1F. The summed E-state index contributed by atoms with van der Waals surface area (Å²) in [6.07, 6.45) is 1.34. The van der Waals surface area contributed by atoms with E-state index in [1.807, 2.05) is 0 Å². The second-order valence-electron chi connectivity index (χ2n) is 7.66. The summed E-state index contributed by atoms with van der Waals surface area (Å²) < 4.78 is 24.7. The average molecular weight is 442 g/mol. The van der Waals surface area contributed by atoms with Gasteiger partial charge in [0.15, 0.2) is 11.5 Å². The molecule has 1 atom stereocenters. The summed E-state index contributed by atoms with van der Waals surface area (Å²) in [5, 5.41) is 7.80. The molecule has 2 aliphatic heterocycles. The summed E-state index contributed by atoms with van der Waals surface area (Å²) in [5.74, 6) is 0.0264. The Morgan fingerprint density at radius 3 is 2.72 bits per heavy atom. The van der Waals surface area contributed by atoms with E-state index >= 15 is 0 Å². The smallest absolute Gasteiger partial charge is 0.319 e. The van der Waals surface area contributed by atoms with E-state index in [2.05, 4.69) is 16.0 Å². The molecule has 0 aliphatic carbocycles. The van der Waals surface area contributed by atoms with E-state index in [9.17, 15) is 18.8 Å². The molecule has 2 aromatic carbocycles. The average Bonchev–Trinajstić information content (AvgIpc) is 3.38. The minimum Gasteiger partial charge on any atom is -0.454 e. The van der Waals surface area contributed by atoms with Crippen LogP contribution in [0.25, 0.3) is 0 Å². The quantitative estimate of drug-likeness (QED) is 0.637. The van der Waals surface area contributed by atoms with Crippen molar-refractivity contribution in [1.82, 2.24) is 10.2 Å². The maximum atomic E-state index is 14.2. The number of halogens is 1. The van der Waals surface area contributed by atoms with Crippen molar-refractivity contribution in [2.24, 2.45) is 0 Å². The second-order valence-corrected chi connectivity index (χ2v) is 7.66. The molecule has 2 aliphatic rings. The van der Waals surface area contributed by atoms with Crippen LogP contribution in [0.5, 0.6) is 11.5 Å². The number of nitrogens with zero attached hydrogens (tertiary/aromatic N) is 1. The molecule has 9 nitrogen and oxygen atoms in total. The van der Waals surface area contributed by atoms with Crippen molar-refractivity contribution in [2.75, 3.05) is 30.5 Å². The first-order valence-corrected chi connectivity index (χ1v) is 10.2. The van der Waals surface area contributed by atoms with Crippen molar-refractivity contribution >= 4 is 29.2 Å². The van der Waals surface area contributed by atoms with Gasteiger partial charge in [0, 0.05) is 36.8 Å². The van der Waals surface area contributed by atoms with Gasteiger partial charge < -0.3 is 30.3 Å². The van der Waals surface area contributed by atoms with Gasteiger partial charge in [-0.3, -0.25) is 9.59 Å². The van der Waals surface area contributed by atoms with Crippen LogP contribution in [0.4, 0.5) is 20.6 Å². The molecular weight excluding hydrogens is 419 g/mol. The van der Waals surface area contributed by atoms with Gasteiger partial charge in [0.25, 0.3) is 5.91 Å². The first-order valence-electron chi connectivity index (χ1n) is 10.2. The number of hydrogen-bond acceptors (Lipinski definition) is 5. The van der Waals surface area contributed by atoms with Crippen LogP contribution in [0.3, 0.4) is 0 Å². The van der Waals surface area contributed by atoms with Crippen LogP contribution in [0.15, 0.2) is 36.4 Å². The highest BCUT2D eigenvalue weighted by atomic mass is 19.1. The molecule has 2 aromatic rings. The fourth-order valence-corrected chi connectivity index (χ4v) is 3.60. The van der Waals surface area contributed by atoms with Gasteiger partial charge in [0.05, 0.1) is 5.69 Å². The molecule has 32 heavy (non-hydrogen) atoms. The van der Waals surface area contributed by atoms with Crippen molar-refractivity contribution in [2.45, 2.75) is 25.8 Å². The predicted octanol–water partition coefficient (Wildman–Crippen LogP) is 2.94. The first kappa shape index (κ1) is 21.4. The minimum atomic E-state index is -0.649. The molecule has 1 saturated heterocycles. The van der Waals surface area contributed by atoms with Crippen LogP contribution in [-0.4, -0.2) is 48.7 Å². The molecule has 2 heterocycles. The standard InChI is InChI=1S/C22H23FN4O5/c1-13(11-27-8-2-3-20(27)28)24-22(30)26-17-10-15(5-6-16(17)23)25-21(29)14-4-7-18-19(9-14)32-12-31-18/h4-7,9-10,13H,2-3,8,11-12H2,1H3,(H,25,29)(H2,24,26,30). The molecule has 0 aromatic heterocycles. The zero-order valence-corrected chi connectivity index (χ0v) is 17.4. The van der Waals surface area contributed by atoms with Crippen molar-refractivity contribution < 1.29 is 28.2 Å². The maximum absolute atomic E-state index is 14.2. The highest BCUT2D eigenvalue weighted by molar-refractivity contribution is 6.05. The second kappa shape index (κ2) is 9.13. The maximum Gasteiger partial charge on any atom is 0.319 e. The number of amides is 4. The van der Waals surface area contributed by atoms with E-state index in [1.54, 1.807) is 30.0 Å². The van der Waals surface area contributed by atoms with Crippen molar-refractivity contribution in [3.05, 3.63) is 47.8 Å². The summed E-state index contributed by atoms with van der Waals surface area (Å²) in [6.45, 7) is 2.93. The van der Waals surface area contributed by atoms with Crippen molar-refractivity contribution in [3.8, 4) is 11.5 Å². The zero-order chi connectivity index (χ0) is 22.7. The molecule has 0 spiro atoms. The topological polar surface area (TPSA) is 109 Å². The zero-order valence-electron chi connectivity index (χ0n) is 17.4. The molecule has 1 unspecified atom stereocenters. The number of anilines is 2. The molecule has 4 rings (SSSR count). The molecule has 4 amide bonds. The monoisotopic (exact) mass is 442 g/mol. The van der Waals surface area contributed by atoms with Gasteiger partial charge in [0.1, 0.15) is 5.82 Å². The van der Waals surface area contributed by atoms with Gasteiger partial charge in [-0.15, -0.1) is 0 Å². The Hall–Kier alpha value is -3.82. The fraction of sp³-hybridized carbons (Fsp3) is 0.318. The third-order valence-electron chi connectivity index (χ3n) is 5.15. The summed E-state index contributed by atoms with van der Waals surface area (Å²) in [4.78, 5) is 38.2. The molecule has 0 radical (unpaired) electrons. The number of benzene rings is 2. The molecule has 1 fully saturated rings. The lowest BCUT2D eigenvalue weighted by Gasteiger charge is -2.22. The Labute approximate surface area is 183 Å². The molecule has 0 bridgehead atoms. The van der Waals surface area contributed by atoms with Crippen molar-refractivity contribution in [3.63, 3.8) is 0 Å². The number of urea groups is 1. The Bertz CT molecular complexity index is 1060. The summed E-state index contributed by atoms with van der Waals surface area (Å²) >= 11 is 0. The predicted molar refractivity (Wildman–Crippen MR) is 114 cm³/mol. The summed E-state index contributed by atoms with van der Waals surface area (Å²) in [7, 11) is 0. The van der Waals surface area contributed by atoms with E-state index in [4.69, 9.17) is 9.47 Å². The number of nitrogens with one attached hydrogen (secondary N) is 3. The van der Waals surface area contributed by atoms with Crippen LogP contribution >= 0.6 is 0 Å². The highest BCUT2D eigenvalue weighted by Gasteiger charge is 2.22. The molecule has 10 heteroatoms. The number of ether oxygens (including phenoxy) is 2. The van der Waals surface area contributed by atoms with E-state index < -0.39 is 17.8 Å². The molecule has 3 N–H and O–H groups in total. The van der Waals surface area contributed by atoms with Gasteiger partial charge in [-0.25, -0.2) is 9.18 Å². The van der Waals surface area contributed by atoms with E-state index in [0.717, 1.165) is 12.5 Å². The van der Waals surface area contributed by atoms with E-state index in [1.165, 1.54) is 12.1 Å². The normalized spacial score (nSPS) is 15.4. The van der Waals surface area contributed by atoms with Crippen LogP contribution in [0.1, 0.15) is 30.1 Å². The number of carbonyl (C=O) groups excluding carboxylic acids is 3. The van der Waals surface area contributed by atoms with Crippen LogP contribution in [-0.2, 0) is 4.79 Å². The van der Waals surface area contributed by atoms with Crippen LogP contribution < -0.4 is 25.4 Å². The largest absolute Gasteiger partial charge is 0.454 e. The van der Waals surface area contributed by atoms with Gasteiger partial charge in [-0.2, -0.15) is 0 Å².